The van der Waals surface area contributed by atoms with Crippen LogP contribution in [0.2, 0.25) is 0 Å². The van der Waals surface area contributed by atoms with E-state index in [2.05, 4.69) is 52.0 Å². The highest BCUT2D eigenvalue weighted by atomic mass is 33.1. The number of hydrogen-bond donors (Lipinski definition) is 0. The van der Waals surface area contributed by atoms with Crippen LogP contribution in [0.5, 0.6) is 0 Å². The van der Waals surface area contributed by atoms with Crippen LogP contribution in [0.25, 0.3) is 0 Å². The monoisotopic (exact) mass is 424 g/mol. The van der Waals surface area contributed by atoms with Crippen molar-refractivity contribution in [2.45, 2.75) is 85.5 Å². The topological polar surface area (TPSA) is 26.3 Å². The third kappa shape index (κ3) is 14.4. The first-order valence-corrected chi connectivity index (χ1v) is 13.4. The number of ether oxygens (including phenoxy) is 1. The minimum atomic E-state index is -0.0399. The van der Waals surface area contributed by atoms with E-state index in [9.17, 15) is 4.79 Å². The first kappa shape index (κ1) is 25.4. The van der Waals surface area contributed by atoms with Crippen LogP contribution in [0.3, 0.4) is 0 Å². The lowest BCUT2D eigenvalue weighted by Crippen LogP contribution is -2.11. The molecule has 1 aromatic rings. The molecule has 0 N–H and O–H groups in total. The van der Waals surface area contributed by atoms with Gasteiger partial charge in [0.2, 0.25) is 0 Å². The van der Waals surface area contributed by atoms with Gasteiger partial charge in [-0.15, -0.1) is 0 Å². The summed E-state index contributed by atoms with van der Waals surface area (Å²) in [6.45, 7) is 9.28. The maximum atomic E-state index is 11.6. The van der Waals surface area contributed by atoms with Gasteiger partial charge in [-0.2, -0.15) is 0 Å². The minimum Gasteiger partial charge on any atom is -0.466 e. The zero-order chi connectivity index (χ0) is 20.7. The molecule has 0 aromatic heterocycles. The minimum absolute atomic E-state index is 0.0399. The van der Waals surface area contributed by atoms with Crippen LogP contribution in [0.1, 0.15) is 83.8 Å². The Balaban J connectivity index is 1.88. The highest BCUT2D eigenvalue weighted by Crippen LogP contribution is 2.24. The van der Waals surface area contributed by atoms with Crippen LogP contribution >= 0.6 is 21.6 Å². The summed E-state index contributed by atoms with van der Waals surface area (Å²) < 4.78 is 5.31. The van der Waals surface area contributed by atoms with Gasteiger partial charge in [-0.3, -0.25) is 4.79 Å². The Hall–Kier alpha value is -0.610. The van der Waals surface area contributed by atoms with E-state index in [0.29, 0.717) is 13.0 Å². The van der Waals surface area contributed by atoms with Gasteiger partial charge in [-0.1, -0.05) is 92.8 Å². The third-order valence-electron chi connectivity index (χ3n) is 4.58. The van der Waals surface area contributed by atoms with Crippen molar-refractivity contribution in [1.29, 1.82) is 0 Å². The molecule has 0 saturated carbocycles. The van der Waals surface area contributed by atoms with Crippen molar-refractivity contribution in [3.05, 3.63) is 35.4 Å². The van der Waals surface area contributed by atoms with Crippen LogP contribution < -0.4 is 0 Å². The molecular formula is C24H40O2S2. The summed E-state index contributed by atoms with van der Waals surface area (Å²) in [6, 6.07) is 9.12. The molecule has 0 radical (unpaired) electrons. The second-order valence-electron chi connectivity index (χ2n) is 8.66. The zero-order valence-corrected chi connectivity index (χ0v) is 20.1. The van der Waals surface area contributed by atoms with Gasteiger partial charge in [0, 0.05) is 17.9 Å². The van der Waals surface area contributed by atoms with Gasteiger partial charge in [-0.05, 0) is 48.6 Å². The van der Waals surface area contributed by atoms with E-state index in [4.69, 9.17) is 4.74 Å². The fourth-order valence-electron chi connectivity index (χ4n) is 2.79. The Labute approximate surface area is 181 Å². The van der Waals surface area contributed by atoms with Crippen molar-refractivity contribution < 1.29 is 9.53 Å². The number of esters is 1. The normalized spacial score (nSPS) is 11.6. The maximum absolute atomic E-state index is 11.6. The SMILES string of the molecule is CCCc1ccc(CCSSCCCCCCOC(=O)CCC(C)(C)C)cc1. The summed E-state index contributed by atoms with van der Waals surface area (Å²) in [4.78, 5) is 11.6. The van der Waals surface area contributed by atoms with Crippen molar-refractivity contribution in [3.8, 4) is 0 Å². The maximum Gasteiger partial charge on any atom is 0.305 e. The molecule has 0 amide bonds. The number of carbonyl (C=O) groups is 1. The molecule has 0 aliphatic carbocycles. The third-order valence-corrected chi connectivity index (χ3v) is 7.08. The Morgan fingerprint density at radius 3 is 2.14 bits per heavy atom. The Kier molecular flexibility index (Phi) is 13.9. The summed E-state index contributed by atoms with van der Waals surface area (Å²) in [5.41, 5.74) is 3.10. The number of carbonyl (C=O) groups excluding carboxylic acids is 1. The fraction of sp³-hybridized carbons (Fsp3) is 0.708. The molecule has 0 saturated heterocycles. The van der Waals surface area contributed by atoms with E-state index in [1.807, 2.05) is 21.6 Å². The van der Waals surface area contributed by atoms with Gasteiger partial charge in [0.15, 0.2) is 0 Å². The molecule has 0 fully saturated rings. The number of aryl methyl sites for hydroxylation is 2. The zero-order valence-electron chi connectivity index (χ0n) is 18.4. The van der Waals surface area contributed by atoms with Gasteiger partial charge in [0.05, 0.1) is 6.61 Å². The molecule has 0 bridgehead atoms. The Bertz CT molecular complexity index is 520. The molecule has 0 unspecified atom stereocenters. The number of unbranched alkanes of at least 4 members (excludes halogenated alkanes) is 3. The summed E-state index contributed by atoms with van der Waals surface area (Å²) in [5, 5.41) is 0. The molecular weight excluding hydrogens is 384 g/mol. The quantitative estimate of drug-likeness (QED) is 0.165. The number of hydrogen-bond acceptors (Lipinski definition) is 4. The van der Waals surface area contributed by atoms with Crippen molar-refractivity contribution in [2.75, 3.05) is 18.1 Å². The second kappa shape index (κ2) is 15.3. The molecule has 1 rings (SSSR count). The highest BCUT2D eigenvalue weighted by molar-refractivity contribution is 8.76. The predicted molar refractivity (Wildman–Crippen MR) is 127 cm³/mol. The smallest absolute Gasteiger partial charge is 0.305 e. The Morgan fingerprint density at radius 2 is 1.50 bits per heavy atom. The lowest BCUT2D eigenvalue weighted by atomic mass is 9.91. The first-order valence-electron chi connectivity index (χ1n) is 10.9. The second-order valence-corrected chi connectivity index (χ2v) is 11.4. The predicted octanol–water partition coefficient (Wildman–Crippen LogP) is 7.49. The highest BCUT2D eigenvalue weighted by Gasteiger charge is 2.13. The molecule has 0 atom stereocenters. The average Bonchev–Trinajstić information content (AvgIpc) is 2.65. The molecule has 1 aromatic carbocycles. The van der Waals surface area contributed by atoms with E-state index in [1.54, 1.807) is 0 Å². The molecule has 2 nitrogen and oxygen atoms in total. The molecule has 4 heteroatoms. The van der Waals surface area contributed by atoms with Crippen molar-refractivity contribution >= 4 is 27.6 Å². The molecule has 0 aliphatic rings. The van der Waals surface area contributed by atoms with E-state index in [-0.39, 0.29) is 11.4 Å². The fourth-order valence-corrected chi connectivity index (χ4v) is 4.98. The standard InChI is InChI=1S/C24H40O2S2/c1-5-10-21-11-13-22(14-12-21)16-20-28-27-19-9-7-6-8-18-26-23(25)15-17-24(2,3)4/h11-14H,5-10,15-20H2,1-4H3. The molecule has 0 aliphatic heterocycles. The van der Waals surface area contributed by atoms with Crippen LogP contribution in [0.4, 0.5) is 0 Å². The van der Waals surface area contributed by atoms with Crippen LogP contribution in [-0.2, 0) is 22.4 Å². The van der Waals surface area contributed by atoms with E-state index < -0.39 is 0 Å². The van der Waals surface area contributed by atoms with E-state index >= 15 is 0 Å². The van der Waals surface area contributed by atoms with Gasteiger partial charge < -0.3 is 4.74 Å². The van der Waals surface area contributed by atoms with Crippen LogP contribution in [-0.4, -0.2) is 24.1 Å². The van der Waals surface area contributed by atoms with Gasteiger partial charge in [0.25, 0.3) is 0 Å². The van der Waals surface area contributed by atoms with E-state index in [0.717, 1.165) is 25.7 Å². The van der Waals surface area contributed by atoms with Crippen LogP contribution in [0.15, 0.2) is 24.3 Å². The van der Waals surface area contributed by atoms with Gasteiger partial charge in [0.1, 0.15) is 0 Å². The van der Waals surface area contributed by atoms with Crippen molar-refractivity contribution in [3.63, 3.8) is 0 Å². The van der Waals surface area contributed by atoms with E-state index in [1.165, 1.54) is 48.3 Å². The summed E-state index contributed by atoms with van der Waals surface area (Å²) >= 11 is 0. The molecule has 160 valence electrons. The number of benzene rings is 1. The lowest BCUT2D eigenvalue weighted by Gasteiger charge is -2.16. The van der Waals surface area contributed by atoms with Crippen LogP contribution in [0, 0.1) is 5.41 Å². The summed E-state index contributed by atoms with van der Waals surface area (Å²) in [6.07, 6.45) is 9.62. The van der Waals surface area contributed by atoms with Crippen molar-refractivity contribution in [1.82, 2.24) is 0 Å². The molecule has 28 heavy (non-hydrogen) atoms. The van der Waals surface area contributed by atoms with Gasteiger partial charge >= 0.3 is 5.97 Å². The lowest BCUT2D eigenvalue weighted by molar-refractivity contribution is -0.144. The molecule has 0 heterocycles. The summed E-state index contributed by atoms with van der Waals surface area (Å²) in [5.74, 6) is 2.36. The first-order chi connectivity index (χ1) is 13.4. The average molecular weight is 425 g/mol. The Morgan fingerprint density at radius 1 is 0.893 bits per heavy atom. The van der Waals surface area contributed by atoms with Gasteiger partial charge in [-0.25, -0.2) is 0 Å². The summed E-state index contributed by atoms with van der Waals surface area (Å²) in [7, 11) is 3.98. The largest absolute Gasteiger partial charge is 0.466 e. The van der Waals surface area contributed by atoms with Crippen molar-refractivity contribution in [2.24, 2.45) is 5.41 Å². The molecule has 0 spiro atoms. The number of rotatable bonds is 15.